The molecule has 2 unspecified atom stereocenters. The second-order valence-electron chi connectivity index (χ2n) is 3.84. The van der Waals surface area contributed by atoms with Crippen LogP contribution in [0.1, 0.15) is 18.2 Å². The standard InChI is InChI=1S/C11H17NO3S/c1-8(5-10-3-2-4-16-10)12-7-9(13)6-11(14)15/h2-4,8-9,12-13H,5-7H2,1H3,(H,14,15). The molecule has 1 aromatic rings. The highest BCUT2D eigenvalue weighted by molar-refractivity contribution is 7.09. The number of carbonyl (C=O) groups is 1. The van der Waals surface area contributed by atoms with Crippen molar-refractivity contribution in [2.24, 2.45) is 0 Å². The number of carboxylic acid groups (broad SMARTS) is 1. The maximum Gasteiger partial charge on any atom is 0.306 e. The molecule has 0 bridgehead atoms. The van der Waals surface area contributed by atoms with Gasteiger partial charge in [0.25, 0.3) is 0 Å². The highest BCUT2D eigenvalue weighted by atomic mass is 32.1. The van der Waals surface area contributed by atoms with Crippen molar-refractivity contribution in [3.8, 4) is 0 Å². The Hall–Kier alpha value is -0.910. The van der Waals surface area contributed by atoms with Crippen molar-refractivity contribution < 1.29 is 15.0 Å². The normalized spacial score (nSPS) is 14.6. The van der Waals surface area contributed by atoms with E-state index in [0.29, 0.717) is 6.54 Å². The summed E-state index contributed by atoms with van der Waals surface area (Å²) in [4.78, 5) is 11.6. The van der Waals surface area contributed by atoms with Gasteiger partial charge in [-0.25, -0.2) is 0 Å². The Labute approximate surface area is 98.9 Å². The maximum atomic E-state index is 10.3. The SMILES string of the molecule is CC(Cc1cccs1)NCC(O)CC(=O)O. The molecule has 90 valence electrons. The molecule has 0 saturated carbocycles. The molecule has 0 aliphatic rings. The van der Waals surface area contributed by atoms with Crippen LogP contribution in [0.2, 0.25) is 0 Å². The van der Waals surface area contributed by atoms with Gasteiger partial charge in [0, 0.05) is 17.5 Å². The fraction of sp³-hybridized carbons (Fsp3) is 0.545. The van der Waals surface area contributed by atoms with E-state index in [2.05, 4.69) is 11.4 Å². The van der Waals surface area contributed by atoms with Gasteiger partial charge >= 0.3 is 5.97 Å². The van der Waals surface area contributed by atoms with Crippen LogP contribution in [0.5, 0.6) is 0 Å². The third-order valence-electron chi connectivity index (χ3n) is 2.20. The van der Waals surface area contributed by atoms with E-state index in [1.807, 2.05) is 18.4 Å². The topological polar surface area (TPSA) is 69.6 Å². The third-order valence-corrected chi connectivity index (χ3v) is 3.10. The number of rotatable bonds is 7. The summed E-state index contributed by atoms with van der Waals surface area (Å²) < 4.78 is 0. The Bertz CT molecular complexity index is 313. The Kier molecular flexibility index (Phi) is 5.45. The van der Waals surface area contributed by atoms with Gasteiger partial charge < -0.3 is 15.5 Å². The van der Waals surface area contributed by atoms with Gasteiger partial charge in [-0.2, -0.15) is 0 Å². The van der Waals surface area contributed by atoms with Crippen molar-refractivity contribution in [3.05, 3.63) is 22.4 Å². The fourth-order valence-corrected chi connectivity index (χ4v) is 2.25. The number of aliphatic hydroxyl groups excluding tert-OH is 1. The van der Waals surface area contributed by atoms with E-state index in [9.17, 15) is 9.90 Å². The summed E-state index contributed by atoms with van der Waals surface area (Å²) in [5.41, 5.74) is 0. The Morgan fingerprint density at radius 3 is 2.94 bits per heavy atom. The molecular formula is C11H17NO3S. The van der Waals surface area contributed by atoms with Crippen LogP contribution in [0.4, 0.5) is 0 Å². The van der Waals surface area contributed by atoms with Gasteiger partial charge in [-0.3, -0.25) is 4.79 Å². The summed E-state index contributed by atoms with van der Waals surface area (Å²) in [7, 11) is 0. The van der Waals surface area contributed by atoms with Crippen molar-refractivity contribution in [2.75, 3.05) is 6.54 Å². The second kappa shape index (κ2) is 6.62. The average molecular weight is 243 g/mol. The number of aliphatic carboxylic acids is 1. The number of aliphatic hydroxyl groups is 1. The molecule has 1 rings (SSSR count). The molecule has 0 spiro atoms. The van der Waals surface area contributed by atoms with Crippen LogP contribution in [-0.2, 0) is 11.2 Å². The van der Waals surface area contributed by atoms with E-state index in [0.717, 1.165) is 6.42 Å². The first-order valence-electron chi connectivity index (χ1n) is 5.23. The predicted octanol–water partition coefficient (Wildman–Crippen LogP) is 1.10. The highest BCUT2D eigenvalue weighted by Crippen LogP contribution is 2.10. The lowest BCUT2D eigenvalue weighted by Crippen LogP contribution is -2.35. The lowest BCUT2D eigenvalue weighted by molar-refractivity contribution is -0.139. The summed E-state index contributed by atoms with van der Waals surface area (Å²) in [5.74, 6) is -0.972. The molecule has 16 heavy (non-hydrogen) atoms. The van der Waals surface area contributed by atoms with Gasteiger partial charge in [-0.05, 0) is 24.8 Å². The van der Waals surface area contributed by atoms with Gasteiger partial charge in [0.15, 0.2) is 0 Å². The quantitative estimate of drug-likeness (QED) is 0.671. The molecule has 2 atom stereocenters. The van der Waals surface area contributed by atoms with Crippen molar-refractivity contribution in [1.29, 1.82) is 0 Å². The Balaban J connectivity index is 2.19. The van der Waals surface area contributed by atoms with Crippen LogP contribution in [-0.4, -0.2) is 34.9 Å². The largest absolute Gasteiger partial charge is 0.481 e. The molecule has 0 amide bonds. The number of hydrogen-bond donors (Lipinski definition) is 3. The monoisotopic (exact) mass is 243 g/mol. The van der Waals surface area contributed by atoms with Crippen molar-refractivity contribution in [2.45, 2.75) is 31.9 Å². The number of carboxylic acids is 1. The number of hydrogen-bond acceptors (Lipinski definition) is 4. The molecule has 1 heterocycles. The maximum absolute atomic E-state index is 10.3. The Morgan fingerprint density at radius 2 is 2.38 bits per heavy atom. The molecule has 0 aliphatic heterocycles. The van der Waals surface area contributed by atoms with Gasteiger partial charge in [-0.1, -0.05) is 6.07 Å². The van der Waals surface area contributed by atoms with E-state index in [4.69, 9.17) is 5.11 Å². The van der Waals surface area contributed by atoms with Gasteiger partial charge in [0.1, 0.15) is 0 Å². The van der Waals surface area contributed by atoms with Gasteiger partial charge in [0.05, 0.1) is 12.5 Å². The molecule has 5 heteroatoms. The minimum atomic E-state index is -0.972. The van der Waals surface area contributed by atoms with E-state index in [-0.39, 0.29) is 12.5 Å². The lowest BCUT2D eigenvalue weighted by Gasteiger charge is -2.15. The zero-order valence-electron chi connectivity index (χ0n) is 9.22. The van der Waals surface area contributed by atoms with Crippen LogP contribution in [0.3, 0.4) is 0 Å². The van der Waals surface area contributed by atoms with Crippen LogP contribution >= 0.6 is 11.3 Å². The minimum absolute atomic E-state index is 0.210. The first-order valence-corrected chi connectivity index (χ1v) is 6.11. The van der Waals surface area contributed by atoms with Crippen molar-refractivity contribution in [3.63, 3.8) is 0 Å². The average Bonchev–Trinajstić information content (AvgIpc) is 2.66. The molecular weight excluding hydrogens is 226 g/mol. The summed E-state index contributed by atoms with van der Waals surface area (Å²) in [6, 6.07) is 4.31. The predicted molar refractivity (Wildman–Crippen MR) is 63.7 cm³/mol. The van der Waals surface area contributed by atoms with E-state index in [1.165, 1.54) is 4.88 Å². The number of nitrogens with one attached hydrogen (secondary N) is 1. The smallest absolute Gasteiger partial charge is 0.306 e. The van der Waals surface area contributed by atoms with Crippen LogP contribution in [0.15, 0.2) is 17.5 Å². The molecule has 1 aromatic heterocycles. The van der Waals surface area contributed by atoms with E-state index >= 15 is 0 Å². The Morgan fingerprint density at radius 1 is 1.62 bits per heavy atom. The zero-order chi connectivity index (χ0) is 12.0. The molecule has 4 nitrogen and oxygen atoms in total. The first kappa shape index (κ1) is 13.2. The van der Waals surface area contributed by atoms with Crippen LogP contribution in [0.25, 0.3) is 0 Å². The summed E-state index contributed by atoms with van der Waals surface area (Å²) in [6.07, 6.45) is -0.126. The van der Waals surface area contributed by atoms with Crippen LogP contribution in [0, 0.1) is 0 Å². The van der Waals surface area contributed by atoms with Crippen LogP contribution < -0.4 is 5.32 Å². The molecule has 0 aromatic carbocycles. The minimum Gasteiger partial charge on any atom is -0.481 e. The van der Waals surface area contributed by atoms with Crippen molar-refractivity contribution in [1.82, 2.24) is 5.32 Å². The van der Waals surface area contributed by atoms with Crippen molar-refractivity contribution >= 4 is 17.3 Å². The third kappa shape index (κ3) is 5.25. The fourth-order valence-electron chi connectivity index (χ4n) is 1.41. The zero-order valence-corrected chi connectivity index (χ0v) is 10.0. The van der Waals surface area contributed by atoms with E-state index in [1.54, 1.807) is 11.3 Å². The van der Waals surface area contributed by atoms with Gasteiger partial charge in [-0.15, -0.1) is 11.3 Å². The molecule has 0 fully saturated rings. The molecule has 0 radical (unpaired) electrons. The second-order valence-corrected chi connectivity index (χ2v) is 4.88. The molecule has 3 N–H and O–H groups in total. The first-order chi connectivity index (χ1) is 7.58. The summed E-state index contributed by atoms with van der Waals surface area (Å²) >= 11 is 1.70. The molecule has 0 saturated heterocycles. The number of thiophene rings is 1. The highest BCUT2D eigenvalue weighted by Gasteiger charge is 2.11. The lowest BCUT2D eigenvalue weighted by atomic mass is 10.2. The summed E-state index contributed by atoms with van der Waals surface area (Å²) in [6.45, 7) is 2.34. The summed E-state index contributed by atoms with van der Waals surface area (Å²) in [5, 5.41) is 23.0. The van der Waals surface area contributed by atoms with E-state index < -0.39 is 12.1 Å². The molecule has 0 aliphatic carbocycles. The van der Waals surface area contributed by atoms with Gasteiger partial charge in [0.2, 0.25) is 0 Å².